The van der Waals surface area contributed by atoms with Gasteiger partial charge in [0.15, 0.2) is 0 Å². The number of unbranched alkanes of at least 4 members (excludes halogenated alkanes) is 1. The molecule has 7 heteroatoms. The van der Waals surface area contributed by atoms with Crippen LogP contribution < -0.4 is 15.6 Å². The van der Waals surface area contributed by atoms with Crippen LogP contribution in [0, 0.1) is 16.7 Å². The van der Waals surface area contributed by atoms with Crippen molar-refractivity contribution in [3.8, 4) is 11.8 Å². The Morgan fingerprint density at radius 2 is 2.03 bits per heavy atom. The quantitative estimate of drug-likeness (QED) is 0.651. The van der Waals surface area contributed by atoms with Crippen molar-refractivity contribution < 1.29 is 14.6 Å². The molecule has 0 saturated carbocycles. The lowest BCUT2D eigenvalue weighted by Gasteiger charge is -2.25. The minimum absolute atomic E-state index is 0.0411. The number of hydrogen-bond acceptors (Lipinski definition) is 4. The normalized spacial score (nSPS) is 11.3. The molecule has 29 heavy (non-hydrogen) atoms. The number of nitrogens with one attached hydrogen (secondary N) is 1. The van der Waals surface area contributed by atoms with Crippen molar-refractivity contribution in [3.63, 3.8) is 0 Å². The molecule has 1 aromatic heterocycles. The van der Waals surface area contributed by atoms with Crippen LogP contribution in [0.1, 0.15) is 51.8 Å². The fraction of sp³-hybridized carbons (Fsp3) is 0.500. The molecule has 0 aliphatic heterocycles. The summed E-state index contributed by atoms with van der Waals surface area (Å²) in [7, 11) is 0. The molecule has 0 unspecified atom stereocenters. The van der Waals surface area contributed by atoms with E-state index in [2.05, 4.69) is 18.3 Å². The molecule has 1 amide bonds. The number of hydrogen-bond donors (Lipinski definition) is 2. The molecule has 7 nitrogen and oxygen atoms in total. The smallest absolute Gasteiger partial charge is 0.404 e. The van der Waals surface area contributed by atoms with E-state index in [1.807, 2.05) is 20.8 Å². The first-order valence-electron chi connectivity index (χ1n) is 9.82. The Hall–Kier alpha value is -3.01. The van der Waals surface area contributed by atoms with Crippen molar-refractivity contribution in [2.75, 3.05) is 6.61 Å². The number of benzene rings is 1. The van der Waals surface area contributed by atoms with E-state index >= 15 is 0 Å². The second-order valence-electron chi connectivity index (χ2n) is 8.30. The van der Waals surface area contributed by atoms with Gasteiger partial charge in [0.05, 0.1) is 36.7 Å². The van der Waals surface area contributed by atoms with Crippen molar-refractivity contribution in [3.05, 3.63) is 39.8 Å². The number of nitrogens with zero attached hydrogens (tertiary/aromatic N) is 2. The maximum absolute atomic E-state index is 13.3. The summed E-state index contributed by atoms with van der Waals surface area (Å²) in [6.45, 7) is 8.95. The maximum atomic E-state index is 13.3. The van der Waals surface area contributed by atoms with Gasteiger partial charge in [0.2, 0.25) is 0 Å². The molecule has 0 aliphatic carbocycles. The summed E-state index contributed by atoms with van der Waals surface area (Å²) in [5, 5.41) is 21.7. The van der Waals surface area contributed by atoms with E-state index in [0.29, 0.717) is 35.4 Å². The third-order valence-electron chi connectivity index (χ3n) is 4.46. The number of aromatic nitrogens is 1. The van der Waals surface area contributed by atoms with Gasteiger partial charge in [0.1, 0.15) is 5.75 Å². The van der Waals surface area contributed by atoms with Crippen LogP contribution in [0.15, 0.2) is 23.0 Å². The van der Waals surface area contributed by atoms with E-state index in [9.17, 15) is 9.59 Å². The zero-order valence-electron chi connectivity index (χ0n) is 17.5. The number of rotatable bonds is 8. The average Bonchev–Trinajstić information content (AvgIpc) is 2.63. The predicted octanol–water partition coefficient (Wildman–Crippen LogP) is 4.06. The van der Waals surface area contributed by atoms with E-state index in [-0.39, 0.29) is 23.9 Å². The van der Waals surface area contributed by atoms with Gasteiger partial charge in [0.25, 0.3) is 5.56 Å². The van der Waals surface area contributed by atoms with Crippen LogP contribution in [-0.2, 0) is 19.5 Å². The molecule has 0 bridgehead atoms. The molecule has 0 aliphatic rings. The number of pyridine rings is 1. The number of fused-ring (bicyclic) bond motifs is 1. The first-order valence-corrected chi connectivity index (χ1v) is 9.82. The third-order valence-corrected chi connectivity index (χ3v) is 4.46. The van der Waals surface area contributed by atoms with E-state index in [1.54, 1.807) is 22.8 Å². The van der Waals surface area contributed by atoms with Gasteiger partial charge in [-0.3, -0.25) is 4.79 Å². The largest absolute Gasteiger partial charge is 0.491 e. The van der Waals surface area contributed by atoms with Crippen molar-refractivity contribution in [2.24, 2.45) is 5.41 Å². The molecule has 0 radical (unpaired) electrons. The summed E-state index contributed by atoms with van der Waals surface area (Å²) in [5.74, 6) is 0.505. The zero-order chi connectivity index (χ0) is 21.6. The van der Waals surface area contributed by atoms with Gasteiger partial charge < -0.3 is 19.7 Å². The third kappa shape index (κ3) is 5.74. The minimum Gasteiger partial charge on any atom is -0.491 e. The van der Waals surface area contributed by atoms with Crippen LogP contribution in [0.4, 0.5) is 4.79 Å². The summed E-state index contributed by atoms with van der Waals surface area (Å²) in [6, 6.07) is 7.42. The van der Waals surface area contributed by atoms with Crippen LogP contribution in [0.25, 0.3) is 10.8 Å². The molecule has 1 aromatic carbocycles. The highest BCUT2D eigenvalue weighted by molar-refractivity contribution is 5.89. The van der Waals surface area contributed by atoms with Crippen LogP contribution in [0.5, 0.6) is 5.75 Å². The van der Waals surface area contributed by atoms with Crippen LogP contribution >= 0.6 is 0 Å². The maximum Gasteiger partial charge on any atom is 0.404 e. The van der Waals surface area contributed by atoms with E-state index < -0.39 is 6.09 Å². The van der Waals surface area contributed by atoms with Gasteiger partial charge in [-0.1, -0.05) is 40.2 Å². The number of amides is 1. The Labute approximate surface area is 170 Å². The highest BCUT2D eigenvalue weighted by Crippen LogP contribution is 2.31. The minimum atomic E-state index is -1.17. The summed E-state index contributed by atoms with van der Waals surface area (Å²) >= 11 is 0. The second kappa shape index (κ2) is 9.46. The lowest BCUT2D eigenvalue weighted by Crippen LogP contribution is -2.33. The van der Waals surface area contributed by atoms with Gasteiger partial charge in [0, 0.05) is 11.9 Å². The molecule has 2 rings (SSSR count). The van der Waals surface area contributed by atoms with Crippen LogP contribution in [-0.4, -0.2) is 22.4 Å². The lowest BCUT2D eigenvalue weighted by molar-refractivity contribution is 0.193. The molecule has 156 valence electrons. The Morgan fingerprint density at radius 1 is 1.31 bits per heavy atom. The predicted molar refractivity (Wildman–Crippen MR) is 112 cm³/mol. The summed E-state index contributed by atoms with van der Waals surface area (Å²) in [4.78, 5) is 24.4. The highest BCUT2D eigenvalue weighted by Gasteiger charge is 2.22. The molecule has 1 heterocycles. The van der Waals surface area contributed by atoms with Gasteiger partial charge in [-0.15, -0.1) is 0 Å². The van der Waals surface area contributed by atoms with Crippen molar-refractivity contribution in [2.45, 2.75) is 60.0 Å². The number of carboxylic acid groups (broad SMARTS) is 1. The van der Waals surface area contributed by atoms with Crippen molar-refractivity contribution in [1.82, 2.24) is 9.88 Å². The lowest BCUT2D eigenvalue weighted by atomic mass is 9.96. The number of carbonyl (C=O) groups is 1. The molecule has 0 saturated heterocycles. The van der Waals surface area contributed by atoms with Crippen LogP contribution in [0.2, 0.25) is 0 Å². The Kier molecular flexibility index (Phi) is 7.27. The number of nitriles is 1. The Bertz CT molecular complexity index is 981. The number of ether oxygens (including phenoxy) is 1. The average molecular weight is 399 g/mol. The summed E-state index contributed by atoms with van der Waals surface area (Å²) in [5.41, 5.74) is 0.899. The van der Waals surface area contributed by atoms with Gasteiger partial charge >= 0.3 is 6.09 Å². The summed E-state index contributed by atoms with van der Waals surface area (Å²) < 4.78 is 7.71. The topological polar surface area (TPSA) is 104 Å². The molecule has 2 aromatic rings. The standard InChI is InChI=1S/C22H29N3O4/c1-5-6-11-29-19-17-12-15(9-10-23)7-8-16(17)20(26)25(14-22(2,3)4)18(19)13-24-21(27)28/h7-8,12,24H,5-6,9,11,13-14H2,1-4H3,(H,27,28). The van der Waals surface area contributed by atoms with Crippen molar-refractivity contribution in [1.29, 1.82) is 5.26 Å². The molecular formula is C22H29N3O4. The van der Waals surface area contributed by atoms with Crippen molar-refractivity contribution >= 4 is 16.9 Å². The SMILES string of the molecule is CCCCOc1c(CNC(=O)O)n(CC(C)(C)C)c(=O)c2ccc(CC#N)cc12. The van der Waals surface area contributed by atoms with Gasteiger partial charge in [-0.2, -0.15) is 5.26 Å². The first kappa shape index (κ1) is 22.3. The van der Waals surface area contributed by atoms with Gasteiger partial charge in [-0.25, -0.2) is 4.79 Å². The van der Waals surface area contributed by atoms with E-state index in [0.717, 1.165) is 18.4 Å². The fourth-order valence-corrected chi connectivity index (χ4v) is 3.17. The van der Waals surface area contributed by atoms with E-state index in [4.69, 9.17) is 15.1 Å². The molecular weight excluding hydrogens is 370 g/mol. The zero-order valence-corrected chi connectivity index (χ0v) is 17.5. The fourth-order valence-electron chi connectivity index (χ4n) is 3.17. The van der Waals surface area contributed by atoms with E-state index in [1.165, 1.54) is 0 Å². The van der Waals surface area contributed by atoms with Gasteiger partial charge in [-0.05, 0) is 29.5 Å². The second-order valence-corrected chi connectivity index (χ2v) is 8.30. The molecule has 0 fully saturated rings. The molecule has 2 N–H and O–H groups in total. The Balaban J connectivity index is 2.79. The first-order chi connectivity index (χ1) is 13.7. The highest BCUT2D eigenvalue weighted by atomic mass is 16.5. The Morgan fingerprint density at radius 3 is 2.62 bits per heavy atom. The summed E-state index contributed by atoms with van der Waals surface area (Å²) in [6.07, 6.45) is 0.835. The van der Waals surface area contributed by atoms with Crippen LogP contribution in [0.3, 0.4) is 0 Å². The molecule has 0 spiro atoms. The molecule has 0 atom stereocenters. The monoisotopic (exact) mass is 399 g/mol.